The molecular formula is C27H29N5O2. The van der Waals surface area contributed by atoms with Crippen molar-refractivity contribution in [1.82, 2.24) is 24.9 Å². The number of urea groups is 1. The van der Waals surface area contributed by atoms with E-state index in [4.69, 9.17) is 0 Å². The van der Waals surface area contributed by atoms with Gasteiger partial charge in [0.1, 0.15) is 18.5 Å². The predicted molar refractivity (Wildman–Crippen MR) is 130 cm³/mol. The fraction of sp³-hybridized carbons (Fsp3) is 0.333. The molecule has 3 saturated heterocycles. The number of nitrogens with one attached hydrogen (secondary N) is 1. The second-order valence-electron chi connectivity index (χ2n) is 9.43. The summed E-state index contributed by atoms with van der Waals surface area (Å²) in [5.41, 5.74) is 2.23. The van der Waals surface area contributed by atoms with Gasteiger partial charge in [-0.2, -0.15) is 0 Å². The molecule has 0 bridgehead atoms. The molecule has 3 aromatic rings. The van der Waals surface area contributed by atoms with E-state index >= 15 is 0 Å². The molecule has 3 aliphatic rings. The van der Waals surface area contributed by atoms with Crippen LogP contribution < -0.4 is 5.32 Å². The average Bonchev–Trinajstić information content (AvgIpc) is 3.27. The molecule has 3 aliphatic heterocycles. The van der Waals surface area contributed by atoms with Crippen molar-refractivity contribution in [1.29, 1.82) is 0 Å². The normalized spacial score (nSPS) is 25.6. The van der Waals surface area contributed by atoms with E-state index in [2.05, 4.69) is 57.6 Å². The molecule has 0 spiro atoms. The van der Waals surface area contributed by atoms with Crippen molar-refractivity contribution in [2.75, 3.05) is 20.1 Å². The summed E-state index contributed by atoms with van der Waals surface area (Å²) in [6.45, 7) is 2.87. The number of fused-ring (bicyclic) bond motifs is 4. The largest absolute Gasteiger partial charge is 0.328 e. The van der Waals surface area contributed by atoms with Crippen LogP contribution in [0.2, 0.25) is 0 Å². The lowest BCUT2D eigenvalue weighted by molar-refractivity contribution is -0.140. The summed E-state index contributed by atoms with van der Waals surface area (Å²) in [5.74, 6) is -0.113. The standard InChI is InChI=1S/C27H29N5O2/c1-29-24-23(31-16-8-15-30(26(31)28-24)17-19-9-3-2-4-10-19)25(33)32(27(29)34)18-21-13-7-12-20-11-5-6-14-22(20)21/h2-7,9-14,23-24,26,28H,8,15-18H2,1H3. The van der Waals surface area contributed by atoms with Crippen LogP contribution in [0.25, 0.3) is 10.8 Å². The van der Waals surface area contributed by atoms with Gasteiger partial charge in [0.2, 0.25) is 0 Å². The first-order chi connectivity index (χ1) is 16.6. The predicted octanol–water partition coefficient (Wildman–Crippen LogP) is 3.02. The lowest BCUT2D eigenvalue weighted by Gasteiger charge is -2.43. The van der Waals surface area contributed by atoms with Crippen LogP contribution in [0, 0.1) is 0 Å². The van der Waals surface area contributed by atoms with E-state index in [0.29, 0.717) is 0 Å². The zero-order valence-corrected chi connectivity index (χ0v) is 19.3. The van der Waals surface area contributed by atoms with Gasteiger partial charge in [0.15, 0.2) is 0 Å². The fourth-order valence-corrected chi connectivity index (χ4v) is 5.72. The molecule has 3 atom stereocenters. The Kier molecular flexibility index (Phi) is 5.32. The van der Waals surface area contributed by atoms with Crippen LogP contribution in [0.5, 0.6) is 0 Å². The van der Waals surface area contributed by atoms with E-state index in [-0.39, 0.29) is 37.0 Å². The number of likely N-dealkylation sites (N-methyl/N-ethyl adjacent to an activating group) is 1. The molecule has 0 saturated carbocycles. The molecule has 174 valence electrons. The maximum Gasteiger partial charge on any atom is 0.328 e. The van der Waals surface area contributed by atoms with Gasteiger partial charge < -0.3 is 4.90 Å². The second-order valence-corrected chi connectivity index (χ2v) is 9.43. The molecule has 1 N–H and O–H groups in total. The highest BCUT2D eigenvalue weighted by molar-refractivity contribution is 6.01. The first-order valence-electron chi connectivity index (χ1n) is 12.0. The van der Waals surface area contributed by atoms with Crippen LogP contribution in [-0.2, 0) is 17.9 Å². The van der Waals surface area contributed by atoms with Crippen molar-refractivity contribution < 1.29 is 9.59 Å². The SMILES string of the molecule is CN1C(=O)N(Cc2cccc3ccccc23)C(=O)C2C1NC1N(Cc3ccccc3)CCCN21. The van der Waals surface area contributed by atoms with Gasteiger partial charge in [-0.1, -0.05) is 72.8 Å². The van der Waals surface area contributed by atoms with E-state index in [1.165, 1.54) is 10.5 Å². The van der Waals surface area contributed by atoms with E-state index in [1.54, 1.807) is 11.9 Å². The molecule has 3 fully saturated rings. The minimum absolute atomic E-state index is 0.0688. The second kappa shape index (κ2) is 8.51. The summed E-state index contributed by atoms with van der Waals surface area (Å²) in [7, 11) is 1.80. The molecule has 0 radical (unpaired) electrons. The summed E-state index contributed by atoms with van der Waals surface area (Å²) < 4.78 is 0. The Labute approximate surface area is 199 Å². The Morgan fingerprint density at radius 3 is 2.50 bits per heavy atom. The molecule has 3 unspecified atom stereocenters. The van der Waals surface area contributed by atoms with Gasteiger partial charge in [-0.15, -0.1) is 0 Å². The number of hydrogen-bond acceptors (Lipinski definition) is 5. The van der Waals surface area contributed by atoms with Gasteiger partial charge in [0.25, 0.3) is 5.91 Å². The first kappa shape index (κ1) is 21.3. The molecular weight excluding hydrogens is 426 g/mol. The molecule has 3 amide bonds. The van der Waals surface area contributed by atoms with Crippen LogP contribution in [0.4, 0.5) is 4.79 Å². The number of hydrogen-bond donors (Lipinski definition) is 1. The number of carbonyl (C=O) groups excluding carboxylic acids is 2. The zero-order chi connectivity index (χ0) is 23.2. The van der Waals surface area contributed by atoms with Gasteiger partial charge >= 0.3 is 6.03 Å². The molecule has 3 heterocycles. The quantitative estimate of drug-likeness (QED) is 0.656. The minimum atomic E-state index is -0.388. The summed E-state index contributed by atoms with van der Waals surface area (Å²) in [6.07, 6.45) is 0.591. The Bertz CT molecular complexity index is 1230. The van der Waals surface area contributed by atoms with Gasteiger partial charge in [-0.3, -0.25) is 24.8 Å². The number of carbonyl (C=O) groups is 2. The van der Waals surface area contributed by atoms with E-state index in [0.717, 1.165) is 42.4 Å². The van der Waals surface area contributed by atoms with Crippen LogP contribution in [0.1, 0.15) is 17.5 Å². The Hall–Kier alpha value is -3.26. The van der Waals surface area contributed by atoms with Gasteiger partial charge in [0.05, 0.1) is 6.54 Å². The van der Waals surface area contributed by atoms with E-state index in [1.807, 2.05) is 30.3 Å². The Morgan fingerprint density at radius 2 is 1.65 bits per heavy atom. The molecule has 3 aromatic carbocycles. The van der Waals surface area contributed by atoms with Crippen LogP contribution in [0.3, 0.4) is 0 Å². The summed E-state index contributed by atoms with van der Waals surface area (Å²) >= 11 is 0. The van der Waals surface area contributed by atoms with Crippen molar-refractivity contribution in [3.63, 3.8) is 0 Å². The van der Waals surface area contributed by atoms with Crippen molar-refractivity contribution in [3.05, 3.63) is 83.9 Å². The number of benzene rings is 3. The smallest absolute Gasteiger partial charge is 0.310 e. The topological polar surface area (TPSA) is 59.1 Å². The summed E-state index contributed by atoms with van der Waals surface area (Å²) in [4.78, 5) is 34.9. The number of nitrogens with zero attached hydrogens (tertiary/aromatic N) is 4. The maximum absolute atomic E-state index is 13.8. The van der Waals surface area contributed by atoms with Gasteiger partial charge in [-0.05, 0) is 28.3 Å². The first-order valence-corrected chi connectivity index (χ1v) is 12.0. The number of amides is 3. The van der Waals surface area contributed by atoms with Crippen molar-refractivity contribution in [2.45, 2.75) is 38.0 Å². The molecule has 34 heavy (non-hydrogen) atoms. The van der Waals surface area contributed by atoms with Crippen LogP contribution in [-0.4, -0.2) is 70.2 Å². The third-order valence-corrected chi connectivity index (χ3v) is 7.40. The van der Waals surface area contributed by atoms with Crippen LogP contribution in [0.15, 0.2) is 72.8 Å². The van der Waals surface area contributed by atoms with E-state index < -0.39 is 0 Å². The van der Waals surface area contributed by atoms with Crippen molar-refractivity contribution in [2.24, 2.45) is 0 Å². The number of imide groups is 1. The minimum Gasteiger partial charge on any atom is -0.310 e. The third kappa shape index (κ3) is 3.48. The van der Waals surface area contributed by atoms with Crippen molar-refractivity contribution >= 4 is 22.7 Å². The molecule has 0 aliphatic carbocycles. The van der Waals surface area contributed by atoms with Crippen molar-refractivity contribution in [3.8, 4) is 0 Å². The lowest BCUT2D eigenvalue weighted by atomic mass is 10.0. The fourth-order valence-electron chi connectivity index (χ4n) is 5.72. The van der Waals surface area contributed by atoms with Gasteiger partial charge in [0, 0.05) is 26.7 Å². The average molecular weight is 456 g/mol. The Morgan fingerprint density at radius 1 is 0.882 bits per heavy atom. The lowest BCUT2D eigenvalue weighted by Crippen LogP contribution is -2.66. The summed E-state index contributed by atoms with van der Waals surface area (Å²) in [6, 6.07) is 23.9. The highest BCUT2D eigenvalue weighted by Gasteiger charge is 2.55. The van der Waals surface area contributed by atoms with Gasteiger partial charge in [-0.25, -0.2) is 4.79 Å². The monoisotopic (exact) mass is 455 g/mol. The molecule has 6 rings (SSSR count). The molecule has 7 heteroatoms. The maximum atomic E-state index is 13.8. The zero-order valence-electron chi connectivity index (χ0n) is 19.3. The number of rotatable bonds is 4. The highest BCUT2D eigenvalue weighted by Crippen LogP contribution is 2.32. The molecule has 0 aromatic heterocycles. The summed E-state index contributed by atoms with van der Waals surface area (Å²) in [5, 5.41) is 5.78. The molecule has 7 nitrogen and oxygen atoms in total. The van der Waals surface area contributed by atoms with E-state index in [9.17, 15) is 9.59 Å². The highest BCUT2D eigenvalue weighted by atomic mass is 16.2. The third-order valence-electron chi connectivity index (χ3n) is 7.40. The Balaban J connectivity index is 1.28. The van der Waals surface area contributed by atoms with Crippen LogP contribution >= 0.6 is 0 Å².